The lowest BCUT2D eigenvalue weighted by atomic mass is 10.1. The number of rotatable bonds is 6. The molecule has 2 nitrogen and oxygen atoms in total. The fourth-order valence-electron chi connectivity index (χ4n) is 1.90. The minimum Gasteiger partial charge on any atom is -0.271 e. The van der Waals surface area contributed by atoms with Crippen LogP contribution in [-0.4, -0.2) is 14.6 Å². The summed E-state index contributed by atoms with van der Waals surface area (Å²) < 4.78 is 1.90. The Morgan fingerprint density at radius 3 is 2.62 bits per heavy atom. The van der Waals surface area contributed by atoms with Crippen molar-refractivity contribution >= 4 is 27.5 Å². The molecular weight excluding hydrogens is 288 g/mol. The monoisotopic (exact) mass is 306 g/mol. The highest BCUT2D eigenvalue weighted by Crippen LogP contribution is 2.22. The van der Waals surface area contributed by atoms with Gasteiger partial charge < -0.3 is 0 Å². The van der Waals surface area contributed by atoms with E-state index in [4.69, 9.17) is 11.6 Å². The molecule has 4 heteroatoms. The summed E-state index contributed by atoms with van der Waals surface area (Å²) in [5.74, 6) is 0. The van der Waals surface area contributed by atoms with Gasteiger partial charge in [0.15, 0.2) is 0 Å². The maximum absolute atomic E-state index is 6.20. The Morgan fingerprint density at radius 2 is 2.12 bits per heavy atom. The zero-order valence-corrected chi connectivity index (χ0v) is 12.6. The van der Waals surface area contributed by atoms with Gasteiger partial charge in [-0.1, -0.05) is 40.9 Å². The van der Waals surface area contributed by atoms with Crippen LogP contribution in [0.25, 0.3) is 0 Å². The molecule has 92 valence electrons. The van der Waals surface area contributed by atoms with Crippen LogP contribution in [0, 0.1) is 6.92 Å². The minimum absolute atomic E-state index is 0.644. The van der Waals surface area contributed by atoms with Crippen molar-refractivity contribution in [3.05, 3.63) is 16.4 Å². The smallest absolute Gasteiger partial charge is 0.0846 e. The molecule has 0 aromatic carbocycles. The van der Waals surface area contributed by atoms with Gasteiger partial charge in [-0.2, -0.15) is 5.10 Å². The van der Waals surface area contributed by atoms with E-state index in [0.717, 1.165) is 29.3 Å². The van der Waals surface area contributed by atoms with Crippen molar-refractivity contribution in [2.75, 3.05) is 0 Å². The van der Waals surface area contributed by atoms with E-state index >= 15 is 0 Å². The molecule has 1 atom stereocenters. The Hall–Kier alpha value is -0.0200. The summed E-state index contributed by atoms with van der Waals surface area (Å²) in [6.07, 6.45) is 5.87. The number of hydrogen-bond donors (Lipinski definition) is 0. The van der Waals surface area contributed by atoms with Gasteiger partial charge in [0.2, 0.25) is 0 Å². The summed E-state index contributed by atoms with van der Waals surface area (Å²) in [5, 5.41) is 5.15. The van der Waals surface area contributed by atoms with Crippen molar-refractivity contribution in [2.45, 2.75) is 50.8 Å². The lowest BCUT2D eigenvalue weighted by Gasteiger charge is -2.08. The van der Waals surface area contributed by atoms with Gasteiger partial charge in [-0.3, -0.25) is 4.68 Å². The molecule has 0 saturated heterocycles. The van der Waals surface area contributed by atoms with Crippen molar-refractivity contribution in [1.82, 2.24) is 9.78 Å². The Bertz CT molecular complexity index is 336. The van der Waals surface area contributed by atoms with Crippen LogP contribution in [0.4, 0.5) is 0 Å². The molecule has 1 aromatic rings. The van der Waals surface area contributed by atoms with E-state index in [1.807, 2.05) is 18.7 Å². The Morgan fingerprint density at radius 1 is 1.44 bits per heavy atom. The predicted octanol–water partition coefficient (Wildman–Crippen LogP) is 4.27. The highest BCUT2D eigenvalue weighted by molar-refractivity contribution is 9.09. The van der Waals surface area contributed by atoms with E-state index < -0.39 is 0 Å². The first kappa shape index (κ1) is 14.0. The molecule has 1 aromatic heterocycles. The zero-order valence-electron chi connectivity index (χ0n) is 10.3. The second-order valence-corrected chi connectivity index (χ2v) is 5.92. The molecule has 1 unspecified atom stereocenters. The lowest BCUT2D eigenvalue weighted by Crippen LogP contribution is -2.02. The molecule has 16 heavy (non-hydrogen) atoms. The Kier molecular flexibility index (Phi) is 5.84. The molecule has 0 amide bonds. The van der Waals surface area contributed by atoms with Crippen LogP contribution in [0.1, 0.15) is 44.0 Å². The van der Waals surface area contributed by atoms with Gasteiger partial charge in [0.25, 0.3) is 0 Å². The molecule has 1 rings (SSSR count). The second-order valence-electron chi connectivity index (χ2n) is 4.25. The van der Waals surface area contributed by atoms with Crippen molar-refractivity contribution in [3.8, 4) is 0 Å². The predicted molar refractivity (Wildman–Crippen MR) is 73.5 cm³/mol. The Balaban J connectivity index is 2.43. The molecule has 0 aliphatic heterocycles. The number of nitrogens with zero attached hydrogens (tertiary/aromatic N) is 2. The third kappa shape index (κ3) is 3.77. The van der Waals surface area contributed by atoms with Crippen molar-refractivity contribution < 1.29 is 0 Å². The van der Waals surface area contributed by atoms with Crippen molar-refractivity contribution in [1.29, 1.82) is 0 Å². The van der Waals surface area contributed by atoms with Crippen LogP contribution < -0.4 is 0 Å². The van der Waals surface area contributed by atoms with Crippen LogP contribution in [-0.2, 0) is 13.5 Å². The van der Waals surface area contributed by atoms with Gasteiger partial charge >= 0.3 is 0 Å². The van der Waals surface area contributed by atoms with Crippen LogP contribution in [0.5, 0.6) is 0 Å². The quantitative estimate of drug-likeness (QED) is 0.718. The maximum Gasteiger partial charge on any atom is 0.0846 e. The largest absolute Gasteiger partial charge is 0.271 e. The van der Waals surface area contributed by atoms with Gasteiger partial charge in [0.05, 0.1) is 16.4 Å². The van der Waals surface area contributed by atoms with E-state index in [-0.39, 0.29) is 0 Å². The average molecular weight is 308 g/mol. The van der Waals surface area contributed by atoms with E-state index in [9.17, 15) is 0 Å². The first-order chi connectivity index (χ1) is 7.56. The number of aryl methyl sites for hydroxylation is 2. The van der Waals surface area contributed by atoms with Crippen LogP contribution in [0.3, 0.4) is 0 Å². The third-order valence-electron chi connectivity index (χ3n) is 2.79. The van der Waals surface area contributed by atoms with Crippen LogP contribution in [0.2, 0.25) is 5.02 Å². The summed E-state index contributed by atoms with van der Waals surface area (Å²) in [5.41, 5.74) is 2.10. The van der Waals surface area contributed by atoms with Gasteiger partial charge in [-0.25, -0.2) is 0 Å². The lowest BCUT2D eigenvalue weighted by molar-refractivity contribution is 0.625. The highest BCUT2D eigenvalue weighted by atomic mass is 79.9. The number of alkyl halides is 1. The van der Waals surface area contributed by atoms with E-state index in [1.54, 1.807) is 0 Å². The second kappa shape index (κ2) is 6.65. The van der Waals surface area contributed by atoms with E-state index in [2.05, 4.69) is 28.0 Å². The maximum atomic E-state index is 6.20. The third-order valence-corrected chi connectivity index (χ3v) is 4.20. The van der Waals surface area contributed by atoms with E-state index in [1.165, 1.54) is 19.3 Å². The number of halogens is 2. The fraction of sp³-hybridized carbons (Fsp3) is 0.750. The van der Waals surface area contributed by atoms with Gasteiger partial charge in [0.1, 0.15) is 0 Å². The molecule has 0 saturated carbocycles. The molecule has 0 radical (unpaired) electrons. The summed E-state index contributed by atoms with van der Waals surface area (Å²) in [6, 6.07) is 0. The first-order valence-corrected chi connectivity index (χ1v) is 7.17. The van der Waals surface area contributed by atoms with Crippen LogP contribution in [0.15, 0.2) is 0 Å². The molecule has 0 spiro atoms. The SMILES string of the molecule is CCCC(Br)CCCc1c(Cl)c(C)nn1C. The highest BCUT2D eigenvalue weighted by Gasteiger charge is 2.11. The molecule has 1 heterocycles. The van der Waals surface area contributed by atoms with Gasteiger partial charge in [0, 0.05) is 11.9 Å². The molecular formula is C12H20BrClN2. The zero-order chi connectivity index (χ0) is 12.1. The molecule has 0 N–H and O–H groups in total. The molecule has 0 aliphatic rings. The van der Waals surface area contributed by atoms with Crippen molar-refractivity contribution in [3.63, 3.8) is 0 Å². The van der Waals surface area contributed by atoms with Gasteiger partial charge in [-0.15, -0.1) is 0 Å². The molecule has 0 bridgehead atoms. The first-order valence-electron chi connectivity index (χ1n) is 5.88. The standard InChI is InChI=1S/C12H20BrClN2/c1-4-6-10(13)7-5-8-11-12(14)9(2)15-16(11)3/h10H,4-8H2,1-3H3. The van der Waals surface area contributed by atoms with Crippen molar-refractivity contribution in [2.24, 2.45) is 7.05 Å². The minimum atomic E-state index is 0.644. The summed E-state index contributed by atoms with van der Waals surface area (Å²) in [7, 11) is 1.96. The fourth-order valence-corrected chi connectivity index (χ4v) is 2.94. The average Bonchev–Trinajstić information content (AvgIpc) is 2.45. The summed E-state index contributed by atoms with van der Waals surface area (Å²) in [6.45, 7) is 4.17. The van der Waals surface area contributed by atoms with E-state index in [0.29, 0.717) is 4.83 Å². The number of aromatic nitrogens is 2. The molecule has 0 aliphatic carbocycles. The normalized spacial score (nSPS) is 13.1. The Labute approximate surface area is 111 Å². The molecule has 0 fully saturated rings. The summed E-state index contributed by atoms with van der Waals surface area (Å²) in [4.78, 5) is 0.644. The topological polar surface area (TPSA) is 17.8 Å². The number of hydrogen-bond acceptors (Lipinski definition) is 1. The summed E-state index contributed by atoms with van der Waals surface area (Å²) >= 11 is 9.89. The van der Waals surface area contributed by atoms with Gasteiger partial charge in [-0.05, 0) is 32.6 Å². The van der Waals surface area contributed by atoms with Crippen LogP contribution >= 0.6 is 27.5 Å².